The van der Waals surface area contributed by atoms with Gasteiger partial charge in [-0.05, 0) is 37.7 Å². The standard InChI is InChI=1S/C38H46O3Si2/c1-31(28-29-42(37(2,3)4,32-20-12-8-13-21-32)33-22-14-9-15-23-33)41-36(39)30-40-43(38(5,6)7,34-24-16-10-17-25-34)35-26-18-11-19-27-35/h8-29,31H,30H2,1-7H3/b29-28+/t31-/m1/s1. The van der Waals surface area contributed by atoms with Gasteiger partial charge in [0, 0.05) is 0 Å². The molecular weight excluding hydrogens is 561 g/mol. The number of benzene rings is 4. The van der Waals surface area contributed by atoms with Crippen LogP contribution in [0.25, 0.3) is 0 Å². The Bertz CT molecular complexity index is 1390. The molecule has 0 N–H and O–H groups in total. The quantitative estimate of drug-likeness (QED) is 0.150. The highest BCUT2D eigenvalue weighted by Gasteiger charge is 2.50. The van der Waals surface area contributed by atoms with E-state index in [0.29, 0.717) is 0 Å². The van der Waals surface area contributed by atoms with E-state index in [2.05, 4.69) is 138 Å². The topological polar surface area (TPSA) is 35.5 Å². The van der Waals surface area contributed by atoms with Gasteiger partial charge in [-0.1, -0.05) is 175 Å². The lowest BCUT2D eigenvalue weighted by Gasteiger charge is -2.42. The minimum atomic E-state index is -2.84. The second-order valence-electron chi connectivity index (χ2n) is 13.3. The first-order chi connectivity index (χ1) is 20.4. The fourth-order valence-electron chi connectivity index (χ4n) is 6.37. The zero-order valence-corrected chi connectivity index (χ0v) is 28.7. The van der Waals surface area contributed by atoms with E-state index in [1.807, 2.05) is 43.3 Å². The van der Waals surface area contributed by atoms with Gasteiger partial charge in [0.1, 0.15) is 20.8 Å². The Morgan fingerprint density at radius 1 is 0.628 bits per heavy atom. The molecule has 0 saturated heterocycles. The van der Waals surface area contributed by atoms with Crippen molar-refractivity contribution in [2.75, 3.05) is 6.61 Å². The van der Waals surface area contributed by atoms with Crippen LogP contribution in [0, 0.1) is 0 Å². The summed E-state index contributed by atoms with van der Waals surface area (Å²) in [7, 11) is -5.26. The van der Waals surface area contributed by atoms with Crippen LogP contribution in [0.3, 0.4) is 0 Å². The van der Waals surface area contributed by atoms with E-state index >= 15 is 0 Å². The molecule has 0 unspecified atom stereocenters. The molecule has 0 aliphatic carbocycles. The lowest BCUT2D eigenvalue weighted by atomic mass is 10.2. The molecule has 5 heteroatoms. The third-order valence-electron chi connectivity index (χ3n) is 8.40. The number of esters is 1. The Kier molecular flexibility index (Phi) is 10.1. The van der Waals surface area contributed by atoms with Crippen LogP contribution in [0.5, 0.6) is 0 Å². The first-order valence-electron chi connectivity index (χ1n) is 15.2. The van der Waals surface area contributed by atoms with Gasteiger partial charge < -0.3 is 9.16 Å². The maximum absolute atomic E-state index is 13.4. The van der Waals surface area contributed by atoms with E-state index in [9.17, 15) is 4.79 Å². The summed E-state index contributed by atoms with van der Waals surface area (Å²) >= 11 is 0. The second kappa shape index (κ2) is 13.4. The minimum absolute atomic E-state index is 0.0255. The predicted octanol–water partition coefficient (Wildman–Crippen LogP) is 6.65. The summed E-state index contributed by atoms with van der Waals surface area (Å²) < 4.78 is 12.8. The van der Waals surface area contributed by atoms with Gasteiger partial charge in [-0.3, -0.25) is 0 Å². The molecule has 3 nitrogen and oxygen atoms in total. The number of carbonyl (C=O) groups excluding carboxylic acids is 1. The summed E-state index contributed by atoms with van der Waals surface area (Å²) in [5.41, 5.74) is 2.36. The van der Waals surface area contributed by atoms with Crippen LogP contribution in [0.15, 0.2) is 133 Å². The molecule has 224 valence electrons. The SMILES string of the molecule is C[C@H](/C=C/[Si](c1ccccc1)(c1ccccc1)C(C)(C)C)OC(=O)CO[Si](c1ccccc1)(c1ccccc1)C(C)(C)C. The van der Waals surface area contributed by atoms with Crippen LogP contribution in [-0.4, -0.2) is 35.1 Å². The number of hydrogen-bond donors (Lipinski definition) is 0. The molecule has 4 aromatic carbocycles. The van der Waals surface area contributed by atoms with Crippen molar-refractivity contribution in [1.82, 2.24) is 0 Å². The van der Waals surface area contributed by atoms with E-state index < -0.39 is 22.5 Å². The molecule has 0 aliphatic heterocycles. The van der Waals surface area contributed by atoms with Crippen molar-refractivity contribution in [3.8, 4) is 0 Å². The van der Waals surface area contributed by atoms with Crippen molar-refractivity contribution in [3.05, 3.63) is 133 Å². The lowest BCUT2D eigenvalue weighted by Crippen LogP contribution is -2.67. The van der Waals surface area contributed by atoms with Gasteiger partial charge in [0.25, 0.3) is 8.32 Å². The molecule has 0 radical (unpaired) electrons. The van der Waals surface area contributed by atoms with Crippen LogP contribution in [-0.2, 0) is 14.0 Å². The van der Waals surface area contributed by atoms with E-state index in [1.165, 1.54) is 10.4 Å². The van der Waals surface area contributed by atoms with Gasteiger partial charge in [0.05, 0.1) is 0 Å². The van der Waals surface area contributed by atoms with Crippen LogP contribution < -0.4 is 20.7 Å². The van der Waals surface area contributed by atoms with Crippen LogP contribution >= 0.6 is 0 Å². The van der Waals surface area contributed by atoms with Crippen molar-refractivity contribution in [1.29, 1.82) is 0 Å². The summed E-state index contributed by atoms with van der Waals surface area (Å²) in [5, 5.41) is 4.70. The van der Waals surface area contributed by atoms with Gasteiger partial charge in [0.2, 0.25) is 0 Å². The van der Waals surface area contributed by atoms with Gasteiger partial charge in [-0.2, -0.15) is 0 Å². The van der Waals surface area contributed by atoms with Gasteiger partial charge in [0.15, 0.2) is 0 Å². The molecule has 1 atom stereocenters. The van der Waals surface area contributed by atoms with Crippen molar-refractivity contribution >= 4 is 43.1 Å². The summed E-state index contributed by atoms with van der Waals surface area (Å²) in [5.74, 6) is -0.354. The zero-order valence-electron chi connectivity index (χ0n) is 26.7. The molecule has 0 bridgehead atoms. The molecule has 0 saturated carbocycles. The highest BCUT2D eigenvalue weighted by molar-refractivity contribution is 7.07. The maximum atomic E-state index is 13.4. The number of carbonyl (C=O) groups is 1. The molecule has 0 aromatic heterocycles. The second-order valence-corrected chi connectivity index (χ2v) is 22.2. The Hall–Kier alpha value is -3.52. The van der Waals surface area contributed by atoms with Crippen molar-refractivity contribution < 1.29 is 14.0 Å². The molecule has 4 rings (SSSR count). The average molecular weight is 607 g/mol. The van der Waals surface area contributed by atoms with Gasteiger partial charge in [-0.25, -0.2) is 4.79 Å². The smallest absolute Gasteiger partial charge is 0.331 e. The molecule has 0 heterocycles. The Labute approximate surface area is 260 Å². The molecule has 0 amide bonds. The monoisotopic (exact) mass is 606 g/mol. The fraction of sp³-hybridized carbons (Fsp3) is 0.289. The summed E-state index contributed by atoms with van der Waals surface area (Å²) in [6, 6.07) is 42.3. The summed E-state index contributed by atoms with van der Waals surface area (Å²) in [4.78, 5) is 13.4. The van der Waals surface area contributed by atoms with E-state index in [0.717, 1.165) is 10.4 Å². The number of hydrogen-bond acceptors (Lipinski definition) is 3. The average Bonchev–Trinajstić information content (AvgIpc) is 2.98. The zero-order chi connectivity index (χ0) is 31.1. The summed E-state index contributed by atoms with van der Waals surface area (Å²) in [6.45, 7) is 15.4. The molecule has 0 spiro atoms. The highest BCUT2D eigenvalue weighted by Crippen LogP contribution is 2.38. The van der Waals surface area contributed by atoms with Crippen molar-refractivity contribution in [2.24, 2.45) is 0 Å². The lowest BCUT2D eigenvalue weighted by molar-refractivity contribution is -0.148. The molecule has 4 aromatic rings. The predicted molar refractivity (Wildman–Crippen MR) is 186 cm³/mol. The fourth-order valence-corrected chi connectivity index (χ4v) is 15.8. The molecule has 0 aliphatic rings. The van der Waals surface area contributed by atoms with Crippen LogP contribution in [0.4, 0.5) is 0 Å². The van der Waals surface area contributed by atoms with E-state index in [4.69, 9.17) is 9.16 Å². The van der Waals surface area contributed by atoms with Gasteiger partial charge >= 0.3 is 5.97 Å². The van der Waals surface area contributed by atoms with Crippen molar-refractivity contribution in [3.63, 3.8) is 0 Å². The van der Waals surface area contributed by atoms with Crippen LogP contribution in [0.1, 0.15) is 48.5 Å². The molecule has 0 fully saturated rings. The number of rotatable bonds is 10. The van der Waals surface area contributed by atoms with E-state index in [1.54, 1.807) is 0 Å². The number of ether oxygens (including phenoxy) is 1. The van der Waals surface area contributed by atoms with Crippen LogP contribution in [0.2, 0.25) is 10.1 Å². The largest absolute Gasteiger partial charge is 0.457 e. The third-order valence-corrected chi connectivity index (χ3v) is 18.9. The minimum Gasteiger partial charge on any atom is -0.457 e. The maximum Gasteiger partial charge on any atom is 0.331 e. The first-order valence-corrected chi connectivity index (χ1v) is 19.2. The summed E-state index contributed by atoms with van der Waals surface area (Å²) in [6.07, 6.45) is 1.68. The first kappa shape index (κ1) is 32.4. The highest BCUT2D eigenvalue weighted by atomic mass is 28.4. The van der Waals surface area contributed by atoms with E-state index in [-0.39, 0.29) is 22.7 Å². The van der Waals surface area contributed by atoms with Crippen molar-refractivity contribution in [2.45, 2.75) is 64.6 Å². The van der Waals surface area contributed by atoms with Gasteiger partial charge in [-0.15, -0.1) is 0 Å². The Morgan fingerprint density at radius 2 is 1.00 bits per heavy atom. The molecular formula is C38H46O3Si2. The Balaban J connectivity index is 1.62. The molecule has 43 heavy (non-hydrogen) atoms. The Morgan fingerprint density at radius 3 is 1.35 bits per heavy atom. The normalized spacial score (nSPS) is 13.6. The third kappa shape index (κ3) is 6.85.